The molecule has 166 valence electrons. The highest BCUT2D eigenvalue weighted by Gasteiger charge is 2.30. The molecule has 1 heterocycles. The van der Waals surface area contributed by atoms with Crippen molar-refractivity contribution in [3.05, 3.63) is 88.1 Å². The number of carbonyl (C=O) groups is 2. The summed E-state index contributed by atoms with van der Waals surface area (Å²) in [4.78, 5) is 26.1. The number of nitrogens with one attached hydrogen (secondary N) is 1. The second-order valence-corrected chi connectivity index (χ2v) is 8.39. The fraction of sp³-hybridized carbons (Fsp3) is 0.250. The van der Waals surface area contributed by atoms with E-state index in [2.05, 4.69) is 5.32 Å². The Bertz CT molecular complexity index is 993. The summed E-state index contributed by atoms with van der Waals surface area (Å²) >= 11 is 1.50. The molecule has 3 N–H and O–H groups in total. The summed E-state index contributed by atoms with van der Waals surface area (Å²) in [5.41, 5.74) is 2.32. The lowest BCUT2D eigenvalue weighted by atomic mass is 9.75. The molecule has 0 fully saturated rings. The Balaban J connectivity index is 1.75. The van der Waals surface area contributed by atoms with E-state index < -0.39 is 19.0 Å². The number of hydrogen-bond donors (Lipinski definition) is 3. The van der Waals surface area contributed by atoms with Crippen LogP contribution in [0.2, 0.25) is 0 Å². The van der Waals surface area contributed by atoms with Gasteiger partial charge in [0.15, 0.2) is 5.78 Å². The van der Waals surface area contributed by atoms with Gasteiger partial charge in [0.1, 0.15) is 5.75 Å². The molecule has 0 bridgehead atoms. The molecule has 0 spiro atoms. The number of methoxy groups -OCH3 is 1. The van der Waals surface area contributed by atoms with Crippen LogP contribution in [0.3, 0.4) is 0 Å². The third-order valence-electron chi connectivity index (χ3n) is 5.26. The molecule has 0 radical (unpaired) electrons. The van der Waals surface area contributed by atoms with Gasteiger partial charge in [-0.3, -0.25) is 9.59 Å². The molecule has 1 aromatic heterocycles. The van der Waals surface area contributed by atoms with E-state index in [1.165, 1.54) is 11.3 Å². The lowest BCUT2D eigenvalue weighted by Gasteiger charge is -2.22. The van der Waals surface area contributed by atoms with Gasteiger partial charge in [-0.25, -0.2) is 0 Å². The van der Waals surface area contributed by atoms with Gasteiger partial charge >= 0.3 is 7.12 Å². The zero-order valence-corrected chi connectivity index (χ0v) is 18.6. The van der Waals surface area contributed by atoms with Gasteiger partial charge in [0.05, 0.1) is 13.1 Å². The maximum absolute atomic E-state index is 13.2. The van der Waals surface area contributed by atoms with Crippen LogP contribution in [-0.2, 0) is 17.6 Å². The van der Waals surface area contributed by atoms with Crippen molar-refractivity contribution in [2.75, 3.05) is 7.11 Å². The summed E-state index contributed by atoms with van der Waals surface area (Å²) in [5.74, 6) is -1.43. The summed E-state index contributed by atoms with van der Waals surface area (Å²) in [7, 11) is -0.160. The largest absolute Gasteiger partial charge is 0.497 e. The minimum absolute atomic E-state index is 0.000247. The Hall–Kier alpha value is -2.94. The first-order chi connectivity index (χ1) is 15.5. The first-order valence-corrected chi connectivity index (χ1v) is 11.3. The number of rotatable bonds is 11. The predicted octanol–water partition coefficient (Wildman–Crippen LogP) is 2.93. The van der Waals surface area contributed by atoms with E-state index >= 15 is 0 Å². The van der Waals surface area contributed by atoms with Crippen LogP contribution in [0.4, 0.5) is 0 Å². The van der Waals surface area contributed by atoms with E-state index in [1.807, 2.05) is 47.2 Å². The molecule has 0 saturated heterocycles. The summed E-state index contributed by atoms with van der Waals surface area (Å²) in [6, 6.07) is 18.1. The highest BCUT2D eigenvalue weighted by Crippen LogP contribution is 2.19. The Morgan fingerprint density at radius 3 is 2.31 bits per heavy atom. The topological polar surface area (TPSA) is 95.9 Å². The zero-order chi connectivity index (χ0) is 22.9. The molecule has 2 atom stereocenters. The number of Topliss-reactive ketones (excluding diaryl/α,β-unsaturated/α-hetero) is 1. The molecule has 0 aliphatic heterocycles. The predicted molar refractivity (Wildman–Crippen MR) is 126 cm³/mol. The van der Waals surface area contributed by atoms with Crippen molar-refractivity contribution in [3.8, 4) is 5.75 Å². The molecule has 6 nitrogen and oxygen atoms in total. The molecule has 2 aromatic carbocycles. The van der Waals surface area contributed by atoms with Gasteiger partial charge < -0.3 is 20.1 Å². The highest BCUT2D eigenvalue weighted by molar-refractivity contribution is 7.07. The smallest absolute Gasteiger partial charge is 0.475 e. The fourth-order valence-corrected chi connectivity index (χ4v) is 4.15. The van der Waals surface area contributed by atoms with Gasteiger partial charge in [0.2, 0.25) is 5.91 Å². The lowest BCUT2D eigenvalue weighted by molar-refractivity contribution is -0.125. The number of carbonyl (C=O) groups excluding carboxylic acids is 2. The van der Waals surface area contributed by atoms with E-state index in [0.717, 1.165) is 11.1 Å². The second kappa shape index (κ2) is 11.6. The van der Waals surface area contributed by atoms with Crippen molar-refractivity contribution < 1.29 is 24.4 Å². The summed E-state index contributed by atoms with van der Waals surface area (Å²) < 4.78 is 5.13. The van der Waals surface area contributed by atoms with Crippen LogP contribution in [0.15, 0.2) is 71.4 Å². The number of ether oxygens (including phenoxy) is 1. The lowest BCUT2D eigenvalue weighted by Crippen LogP contribution is -2.50. The van der Waals surface area contributed by atoms with Crippen LogP contribution in [0.5, 0.6) is 5.75 Å². The standard InChI is InChI=1S/C24H26BNO5S/c1-31-21-9-7-19(8-10-21)22(27)15-20(13-17-5-3-2-4-6-17)24(28)26-23(25(29)30)14-18-11-12-32-16-18/h2-12,16,20,23,29-30H,13-15H2,1H3,(H,26,28)/t20-,23+/m1/s1. The maximum atomic E-state index is 13.2. The Morgan fingerprint density at radius 1 is 1.00 bits per heavy atom. The minimum atomic E-state index is -1.71. The van der Waals surface area contributed by atoms with Crippen molar-refractivity contribution in [2.45, 2.75) is 25.2 Å². The van der Waals surface area contributed by atoms with Crippen LogP contribution in [0.25, 0.3) is 0 Å². The molecule has 0 unspecified atom stereocenters. The van der Waals surface area contributed by atoms with E-state index in [1.54, 1.807) is 31.4 Å². The van der Waals surface area contributed by atoms with Crippen molar-refractivity contribution in [1.82, 2.24) is 5.32 Å². The van der Waals surface area contributed by atoms with Crippen molar-refractivity contribution in [1.29, 1.82) is 0 Å². The maximum Gasteiger partial charge on any atom is 0.475 e. The Kier molecular flexibility index (Phi) is 8.61. The van der Waals surface area contributed by atoms with Crippen LogP contribution in [0, 0.1) is 5.92 Å². The second-order valence-electron chi connectivity index (χ2n) is 7.61. The number of benzene rings is 2. The SMILES string of the molecule is COc1ccc(C(=O)C[C@@H](Cc2ccccc2)C(=O)N[C@@H](Cc2ccsc2)B(O)O)cc1. The van der Waals surface area contributed by atoms with Gasteiger partial charge in [-0.1, -0.05) is 30.3 Å². The normalized spacial score (nSPS) is 12.6. The summed E-state index contributed by atoms with van der Waals surface area (Å²) in [6.45, 7) is 0. The zero-order valence-electron chi connectivity index (χ0n) is 17.8. The van der Waals surface area contributed by atoms with Gasteiger partial charge in [0.25, 0.3) is 0 Å². The quantitative estimate of drug-likeness (QED) is 0.308. The summed E-state index contributed by atoms with van der Waals surface area (Å²) in [6.07, 6.45) is 0.651. The Morgan fingerprint density at radius 2 is 1.72 bits per heavy atom. The van der Waals surface area contributed by atoms with Crippen molar-refractivity contribution in [2.24, 2.45) is 5.92 Å². The molecule has 3 aromatic rings. The minimum Gasteiger partial charge on any atom is -0.497 e. The molecule has 0 saturated carbocycles. The third-order valence-corrected chi connectivity index (χ3v) is 5.99. The fourth-order valence-electron chi connectivity index (χ4n) is 3.47. The summed E-state index contributed by atoms with van der Waals surface area (Å²) in [5, 5.41) is 26.1. The van der Waals surface area contributed by atoms with Crippen LogP contribution in [0.1, 0.15) is 27.9 Å². The van der Waals surface area contributed by atoms with Gasteiger partial charge in [-0.15, -0.1) is 0 Å². The number of amides is 1. The van der Waals surface area contributed by atoms with E-state index in [-0.39, 0.29) is 24.5 Å². The molecular weight excluding hydrogens is 425 g/mol. The number of thiophene rings is 1. The van der Waals surface area contributed by atoms with Crippen LogP contribution >= 0.6 is 11.3 Å². The van der Waals surface area contributed by atoms with Crippen molar-refractivity contribution in [3.63, 3.8) is 0 Å². The van der Waals surface area contributed by atoms with E-state index in [0.29, 0.717) is 17.7 Å². The number of ketones is 1. The first-order valence-electron chi connectivity index (χ1n) is 10.3. The molecule has 8 heteroatoms. The monoisotopic (exact) mass is 451 g/mol. The molecule has 0 aliphatic rings. The van der Waals surface area contributed by atoms with E-state index in [9.17, 15) is 19.6 Å². The van der Waals surface area contributed by atoms with Crippen molar-refractivity contribution >= 4 is 30.1 Å². The van der Waals surface area contributed by atoms with Crippen LogP contribution in [-0.4, -0.2) is 41.9 Å². The molecule has 32 heavy (non-hydrogen) atoms. The Labute approximate surface area is 192 Å². The third kappa shape index (κ3) is 6.78. The first kappa shape index (κ1) is 23.7. The number of hydrogen-bond acceptors (Lipinski definition) is 6. The average molecular weight is 451 g/mol. The van der Waals surface area contributed by atoms with Gasteiger partial charge in [-0.05, 0) is 65.1 Å². The molecule has 1 amide bonds. The molecular formula is C24H26BNO5S. The van der Waals surface area contributed by atoms with Gasteiger partial charge in [0, 0.05) is 17.9 Å². The van der Waals surface area contributed by atoms with Gasteiger partial charge in [-0.2, -0.15) is 11.3 Å². The van der Waals surface area contributed by atoms with Crippen LogP contribution < -0.4 is 10.1 Å². The molecule has 0 aliphatic carbocycles. The van der Waals surface area contributed by atoms with E-state index in [4.69, 9.17) is 4.74 Å². The highest BCUT2D eigenvalue weighted by atomic mass is 32.1. The molecule has 3 rings (SSSR count). The average Bonchev–Trinajstić information content (AvgIpc) is 3.32.